The summed E-state index contributed by atoms with van der Waals surface area (Å²) in [7, 11) is 0. The number of phenolic OH excluding ortho intramolecular Hbond substituents is 1. The molecule has 0 aliphatic heterocycles. The summed E-state index contributed by atoms with van der Waals surface area (Å²) in [6.45, 7) is 0. The number of aromatic hydroxyl groups is 1. The summed E-state index contributed by atoms with van der Waals surface area (Å²) in [5, 5.41) is 18.4. The molecule has 1 saturated carbocycles. The van der Waals surface area contributed by atoms with Gasteiger partial charge in [-0.3, -0.25) is 0 Å². The Balaban J connectivity index is 1.98. The fourth-order valence-electron chi connectivity index (χ4n) is 1.37. The van der Waals surface area contributed by atoms with Crippen molar-refractivity contribution >= 4 is 0 Å². The first kappa shape index (κ1) is 8.38. The summed E-state index contributed by atoms with van der Waals surface area (Å²) >= 11 is 0. The summed E-state index contributed by atoms with van der Waals surface area (Å²) in [4.78, 5) is 0. The second-order valence-electron chi connectivity index (χ2n) is 3.33. The van der Waals surface area contributed by atoms with E-state index in [1.165, 1.54) is 0 Å². The zero-order chi connectivity index (χ0) is 9.26. The van der Waals surface area contributed by atoms with E-state index in [1.54, 1.807) is 18.2 Å². The molecule has 70 valence electrons. The van der Waals surface area contributed by atoms with Crippen molar-refractivity contribution in [3.8, 4) is 11.5 Å². The van der Waals surface area contributed by atoms with Crippen LogP contribution in [0, 0.1) is 0 Å². The van der Waals surface area contributed by atoms with E-state index in [0.717, 1.165) is 0 Å². The van der Waals surface area contributed by atoms with Crippen LogP contribution in [-0.4, -0.2) is 22.4 Å². The maximum atomic E-state index is 9.36. The van der Waals surface area contributed by atoms with Crippen molar-refractivity contribution in [3.05, 3.63) is 24.3 Å². The van der Waals surface area contributed by atoms with Gasteiger partial charge in [-0.1, -0.05) is 12.1 Å². The van der Waals surface area contributed by atoms with E-state index >= 15 is 0 Å². The summed E-state index contributed by atoms with van der Waals surface area (Å²) in [5.41, 5.74) is 0. The average molecular weight is 180 g/mol. The molecule has 0 saturated heterocycles. The van der Waals surface area contributed by atoms with Crippen molar-refractivity contribution < 1.29 is 14.9 Å². The lowest BCUT2D eigenvalue weighted by Gasteiger charge is -2.31. The van der Waals surface area contributed by atoms with Crippen molar-refractivity contribution in [2.75, 3.05) is 0 Å². The van der Waals surface area contributed by atoms with E-state index in [-0.39, 0.29) is 18.0 Å². The van der Waals surface area contributed by atoms with Crippen LogP contribution >= 0.6 is 0 Å². The quantitative estimate of drug-likeness (QED) is 0.721. The molecule has 1 aliphatic rings. The Labute approximate surface area is 76.6 Å². The first-order valence-electron chi connectivity index (χ1n) is 4.38. The van der Waals surface area contributed by atoms with E-state index in [2.05, 4.69) is 0 Å². The van der Waals surface area contributed by atoms with Gasteiger partial charge in [0.2, 0.25) is 0 Å². The Morgan fingerprint density at radius 1 is 1.23 bits per heavy atom. The minimum absolute atomic E-state index is 0.0586. The molecule has 0 aromatic heterocycles. The van der Waals surface area contributed by atoms with Crippen molar-refractivity contribution in [1.29, 1.82) is 0 Å². The topological polar surface area (TPSA) is 49.7 Å². The minimum Gasteiger partial charge on any atom is -0.504 e. The number of para-hydroxylation sites is 2. The van der Waals surface area contributed by atoms with Gasteiger partial charge in [0.05, 0.1) is 6.10 Å². The van der Waals surface area contributed by atoms with Crippen LogP contribution in [0.25, 0.3) is 0 Å². The summed E-state index contributed by atoms with van der Waals surface area (Å²) < 4.78 is 5.44. The van der Waals surface area contributed by atoms with Gasteiger partial charge >= 0.3 is 0 Å². The predicted octanol–water partition coefficient (Wildman–Crippen LogP) is 1.29. The number of aliphatic hydroxyl groups excluding tert-OH is 1. The van der Waals surface area contributed by atoms with Crippen molar-refractivity contribution in [1.82, 2.24) is 0 Å². The molecule has 3 heteroatoms. The SMILES string of the molecule is Oc1ccccc1OC1CC(O)C1. The van der Waals surface area contributed by atoms with Gasteiger partial charge in [0.15, 0.2) is 11.5 Å². The lowest BCUT2D eigenvalue weighted by molar-refractivity contribution is -0.0118. The Bertz CT molecular complexity index is 292. The summed E-state index contributed by atoms with van der Waals surface area (Å²) in [5.74, 6) is 0.656. The first-order valence-corrected chi connectivity index (χ1v) is 4.38. The van der Waals surface area contributed by atoms with Gasteiger partial charge in [-0.05, 0) is 12.1 Å². The number of benzene rings is 1. The lowest BCUT2D eigenvalue weighted by Crippen LogP contribution is -2.37. The van der Waals surface area contributed by atoms with Crippen LogP contribution in [0.4, 0.5) is 0 Å². The zero-order valence-electron chi connectivity index (χ0n) is 7.18. The van der Waals surface area contributed by atoms with Crippen LogP contribution in [0.15, 0.2) is 24.3 Å². The van der Waals surface area contributed by atoms with Gasteiger partial charge in [-0.15, -0.1) is 0 Å². The molecular formula is C10H12O3. The van der Waals surface area contributed by atoms with Gasteiger partial charge in [-0.25, -0.2) is 0 Å². The van der Waals surface area contributed by atoms with E-state index in [4.69, 9.17) is 9.84 Å². The molecule has 2 rings (SSSR count). The highest BCUT2D eigenvalue weighted by atomic mass is 16.5. The Hall–Kier alpha value is -1.22. The summed E-state index contributed by atoms with van der Waals surface area (Å²) in [6, 6.07) is 6.87. The van der Waals surface area contributed by atoms with Gasteiger partial charge in [0.1, 0.15) is 6.10 Å². The van der Waals surface area contributed by atoms with Gasteiger partial charge in [0, 0.05) is 12.8 Å². The molecule has 1 aromatic rings. The Morgan fingerprint density at radius 3 is 2.54 bits per heavy atom. The third kappa shape index (κ3) is 1.75. The highest BCUT2D eigenvalue weighted by Crippen LogP contribution is 2.31. The van der Waals surface area contributed by atoms with Gasteiger partial charge < -0.3 is 14.9 Å². The second-order valence-corrected chi connectivity index (χ2v) is 3.33. The molecular weight excluding hydrogens is 168 g/mol. The molecule has 0 unspecified atom stereocenters. The molecule has 0 spiro atoms. The maximum Gasteiger partial charge on any atom is 0.161 e. The van der Waals surface area contributed by atoms with E-state index < -0.39 is 0 Å². The van der Waals surface area contributed by atoms with Crippen LogP contribution in [0.2, 0.25) is 0 Å². The first-order chi connectivity index (χ1) is 6.25. The van der Waals surface area contributed by atoms with E-state index in [0.29, 0.717) is 18.6 Å². The van der Waals surface area contributed by atoms with Crippen LogP contribution in [-0.2, 0) is 0 Å². The zero-order valence-corrected chi connectivity index (χ0v) is 7.18. The number of aliphatic hydroxyl groups is 1. The minimum atomic E-state index is -0.226. The van der Waals surface area contributed by atoms with Crippen LogP contribution in [0.3, 0.4) is 0 Å². The molecule has 0 heterocycles. The molecule has 1 fully saturated rings. The molecule has 0 atom stereocenters. The number of hydrogen-bond acceptors (Lipinski definition) is 3. The predicted molar refractivity (Wildman–Crippen MR) is 47.8 cm³/mol. The van der Waals surface area contributed by atoms with Gasteiger partial charge in [0.25, 0.3) is 0 Å². The third-order valence-corrected chi connectivity index (χ3v) is 2.23. The smallest absolute Gasteiger partial charge is 0.161 e. The maximum absolute atomic E-state index is 9.36. The fourth-order valence-corrected chi connectivity index (χ4v) is 1.37. The Morgan fingerprint density at radius 2 is 1.92 bits per heavy atom. The molecule has 0 radical (unpaired) electrons. The molecule has 0 amide bonds. The summed E-state index contributed by atoms with van der Waals surface area (Å²) in [6.07, 6.45) is 1.15. The Kier molecular flexibility index (Phi) is 2.10. The molecule has 1 aliphatic carbocycles. The van der Waals surface area contributed by atoms with Crippen LogP contribution in [0.5, 0.6) is 11.5 Å². The second kappa shape index (κ2) is 3.26. The third-order valence-electron chi connectivity index (χ3n) is 2.23. The standard InChI is InChI=1S/C10H12O3/c11-7-5-8(6-7)13-10-4-2-1-3-9(10)12/h1-4,7-8,11-12H,5-6H2. The lowest BCUT2D eigenvalue weighted by atomic mass is 9.92. The fraction of sp³-hybridized carbons (Fsp3) is 0.400. The van der Waals surface area contributed by atoms with Crippen molar-refractivity contribution in [2.45, 2.75) is 25.0 Å². The van der Waals surface area contributed by atoms with Crippen molar-refractivity contribution in [2.24, 2.45) is 0 Å². The number of rotatable bonds is 2. The van der Waals surface area contributed by atoms with Gasteiger partial charge in [-0.2, -0.15) is 0 Å². The number of ether oxygens (including phenoxy) is 1. The largest absolute Gasteiger partial charge is 0.504 e. The molecule has 0 bridgehead atoms. The highest BCUT2D eigenvalue weighted by Gasteiger charge is 2.29. The average Bonchev–Trinajstić information content (AvgIpc) is 2.06. The molecule has 13 heavy (non-hydrogen) atoms. The molecule has 1 aromatic carbocycles. The number of hydrogen-bond donors (Lipinski definition) is 2. The normalized spacial score (nSPS) is 26.5. The van der Waals surface area contributed by atoms with Crippen LogP contribution in [0.1, 0.15) is 12.8 Å². The monoisotopic (exact) mass is 180 g/mol. The molecule has 2 N–H and O–H groups in total. The number of phenols is 1. The van der Waals surface area contributed by atoms with Crippen LogP contribution < -0.4 is 4.74 Å². The molecule has 3 nitrogen and oxygen atoms in total. The van der Waals surface area contributed by atoms with E-state index in [1.807, 2.05) is 6.07 Å². The highest BCUT2D eigenvalue weighted by molar-refractivity contribution is 5.38. The van der Waals surface area contributed by atoms with E-state index in [9.17, 15) is 5.11 Å². The van der Waals surface area contributed by atoms with Crippen molar-refractivity contribution in [3.63, 3.8) is 0 Å².